The second-order valence-corrected chi connectivity index (χ2v) is 5.60. The molecule has 0 spiro atoms. The van der Waals surface area contributed by atoms with Crippen LogP contribution in [0.25, 0.3) is 0 Å². The molecule has 0 aliphatic heterocycles. The molecule has 9 heteroatoms. The zero-order valence-electron chi connectivity index (χ0n) is 6.92. The number of nitrogens with two attached hydrogens (primary N) is 1. The van der Waals surface area contributed by atoms with Gasteiger partial charge in [0, 0.05) is 6.20 Å². The van der Waals surface area contributed by atoms with Crippen molar-refractivity contribution < 1.29 is 17.2 Å². The minimum atomic E-state index is -3.98. The number of halogens is 4. The summed E-state index contributed by atoms with van der Waals surface area (Å²) in [5, 5.41) is 4.85. The molecule has 0 aliphatic carbocycles. The first-order chi connectivity index (χ1) is 6.75. The van der Waals surface area contributed by atoms with Crippen LogP contribution in [0.4, 0.5) is 8.78 Å². The Balaban J connectivity index is 3.48. The Labute approximate surface area is 101 Å². The Hall–Kier alpha value is -0.120. The third-order valence-corrected chi connectivity index (χ3v) is 4.81. The fourth-order valence-electron chi connectivity index (χ4n) is 0.813. The van der Waals surface area contributed by atoms with Crippen LogP contribution in [0, 0.1) is 0 Å². The molecule has 1 heterocycles. The lowest BCUT2D eigenvalue weighted by molar-refractivity contribution is 0.145. The first-order valence-corrected chi connectivity index (χ1v) is 6.53. The SMILES string of the molecule is NS(=O)(=O)c1cnc(C(F)F)c(Br)c1Br. The Kier molecular flexibility index (Phi) is 3.80. The Morgan fingerprint density at radius 3 is 2.27 bits per heavy atom. The molecule has 0 atom stereocenters. The van der Waals surface area contributed by atoms with Gasteiger partial charge >= 0.3 is 0 Å². The largest absolute Gasteiger partial charge is 0.281 e. The second kappa shape index (κ2) is 4.40. The number of sulfonamides is 1. The monoisotopic (exact) mass is 364 g/mol. The molecule has 1 aromatic rings. The van der Waals surface area contributed by atoms with Gasteiger partial charge in [-0.15, -0.1) is 0 Å². The summed E-state index contributed by atoms with van der Waals surface area (Å²) in [6.07, 6.45) is -2.02. The first kappa shape index (κ1) is 12.9. The molecule has 4 nitrogen and oxygen atoms in total. The van der Waals surface area contributed by atoms with Gasteiger partial charge in [-0.3, -0.25) is 4.98 Å². The summed E-state index contributed by atoms with van der Waals surface area (Å²) >= 11 is 5.67. The Bertz CT molecular complexity index is 492. The maximum absolute atomic E-state index is 12.3. The molecule has 1 rings (SSSR count). The number of aromatic nitrogens is 1. The van der Waals surface area contributed by atoms with Gasteiger partial charge in [0.05, 0.1) is 8.95 Å². The summed E-state index contributed by atoms with van der Waals surface area (Å²) in [4.78, 5) is 2.97. The summed E-state index contributed by atoms with van der Waals surface area (Å²) in [6.45, 7) is 0. The van der Waals surface area contributed by atoms with Gasteiger partial charge in [0.25, 0.3) is 6.43 Å². The first-order valence-electron chi connectivity index (χ1n) is 3.40. The van der Waals surface area contributed by atoms with E-state index in [1.54, 1.807) is 0 Å². The zero-order chi connectivity index (χ0) is 11.8. The molecule has 84 valence electrons. The van der Waals surface area contributed by atoms with E-state index in [0.717, 1.165) is 6.20 Å². The molecule has 0 aromatic carbocycles. The van der Waals surface area contributed by atoms with Crippen molar-refractivity contribution in [1.29, 1.82) is 0 Å². The Morgan fingerprint density at radius 1 is 1.33 bits per heavy atom. The molecular weight excluding hydrogens is 362 g/mol. The highest BCUT2D eigenvalue weighted by atomic mass is 79.9. The third-order valence-electron chi connectivity index (χ3n) is 1.47. The summed E-state index contributed by atoms with van der Waals surface area (Å²) in [7, 11) is -3.98. The molecule has 0 fully saturated rings. The summed E-state index contributed by atoms with van der Waals surface area (Å²) in [6, 6.07) is 0. The van der Waals surface area contributed by atoms with Crippen LogP contribution in [0.1, 0.15) is 12.1 Å². The van der Waals surface area contributed by atoms with Crippen LogP contribution in [0.15, 0.2) is 20.0 Å². The van der Waals surface area contributed by atoms with E-state index in [0.29, 0.717) is 0 Å². The molecule has 2 N–H and O–H groups in total. The van der Waals surface area contributed by atoms with E-state index in [1.807, 2.05) is 0 Å². The van der Waals surface area contributed by atoms with Crippen LogP contribution in [0.5, 0.6) is 0 Å². The average Bonchev–Trinajstić information content (AvgIpc) is 2.06. The molecule has 0 unspecified atom stereocenters. The fourth-order valence-corrected chi connectivity index (χ4v) is 2.97. The van der Waals surface area contributed by atoms with Crippen LogP contribution in [-0.2, 0) is 10.0 Å². The van der Waals surface area contributed by atoms with E-state index in [4.69, 9.17) is 5.14 Å². The zero-order valence-corrected chi connectivity index (χ0v) is 10.9. The van der Waals surface area contributed by atoms with Gasteiger partial charge in [-0.05, 0) is 31.9 Å². The minimum Gasteiger partial charge on any atom is -0.253 e. The second-order valence-electron chi connectivity index (χ2n) is 2.48. The van der Waals surface area contributed by atoms with Crippen molar-refractivity contribution in [2.75, 3.05) is 0 Å². The molecule has 0 amide bonds. The summed E-state index contributed by atoms with van der Waals surface area (Å²) in [5.41, 5.74) is -0.547. The lowest BCUT2D eigenvalue weighted by Crippen LogP contribution is -2.14. The molecular formula is C6H4Br2F2N2O2S. The number of primary sulfonamides is 1. The third kappa shape index (κ3) is 2.71. The fraction of sp³-hybridized carbons (Fsp3) is 0.167. The van der Waals surface area contributed by atoms with E-state index >= 15 is 0 Å². The number of nitrogens with zero attached hydrogens (tertiary/aromatic N) is 1. The quantitative estimate of drug-likeness (QED) is 0.873. The van der Waals surface area contributed by atoms with Crippen LogP contribution in [0.3, 0.4) is 0 Å². The summed E-state index contributed by atoms with van der Waals surface area (Å²) in [5.74, 6) is 0. The van der Waals surface area contributed by atoms with Crippen LogP contribution >= 0.6 is 31.9 Å². The average molecular weight is 366 g/mol. The lowest BCUT2D eigenvalue weighted by Gasteiger charge is -2.07. The molecule has 0 bridgehead atoms. The van der Waals surface area contributed by atoms with Crippen LogP contribution in [-0.4, -0.2) is 13.4 Å². The van der Waals surface area contributed by atoms with Gasteiger partial charge in [0.2, 0.25) is 10.0 Å². The standard InChI is InChI=1S/C6H4Br2F2N2O2S/c7-3-2(15(11,13)14)1-12-5(4(3)8)6(9)10/h1,6H,(H2,11,13,14). The van der Waals surface area contributed by atoms with E-state index in [2.05, 4.69) is 36.8 Å². The van der Waals surface area contributed by atoms with Crippen molar-refractivity contribution in [1.82, 2.24) is 4.98 Å². The van der Waals surface area contributed by atoms with Crippen molar-refractivity contribution in [3.05, 3.63) is 20.8 Å². The van der Waals surface area contributed by atoms with Crippen molar-refractivity contribution in [3.8, 4) is 0 Å². The lowest BCUT2D eigenvalue weighted by atomic mass is 10.4. The van der Waals surface area contributed by atoms with Gasteiger partial charge in [0.1, 0.15) is 10.6 Å². The maximum atomic E-state index is 12.3. The van der Waals surface area contributed by atoms with E-state index in [1.165, 1.54) is 0 Å². The minimum absolute atomic E-state index is 0.0599. The highest BCUT2D eigenvalue weighted by Gasteiger charge is 2.22. The number of rotatable bonds is 2. The number of hydrogen-bond acceptors (Lipinski definition) is 3. The molecule has 0 saturated carbocycles. The topological polar surface area (TPSA) is 73.1 Å². The predicted octanol–water partition coefficient (Wildman–Crippen LogP) is 2.19. The van der Waals surface area contributed by atoms with Crippen LogP contribution in [0.2, 0.25) is 0 Å². The number of alkyl halides is 2. The van der Waals surface area contributed by atoms with E-state index in [-0.39, 0.29) is 13.8 Å². The van der Waals surface area contributed by atoms with Gasteiger partial charge in [0.15, 0.2) is 0 Å². The summed E-state index contributed by atoms with van der Waals surface area (Å²) < 4.78 is 46.5. The van der Waals surface area contributed by atoms with Gasteiger partial charge in [-0.2, -0.15) is 0 Å². The van der Waals surface area contributed by atoms with E-state index < -0.39 is 22.1 Å². The van der Waals surface area contributed by atoms with Crippen molar-refractivity contribution in [2.45, 2.75) is 11.3 Å². The smallest absolute Gasteiger partial charge is 0.253 e. The number of hydrogen-bond donors (Lipinski definition) is 1. The van der Waals surface area contributed by atoms with Gasteiger partial charge in [-0.25, -0.2) is 22.3 Å². The Morgan fingerprint density at radius 2 is 1.87 bits per heavy atom. The van der Waals surface area contributed by atoms with E-state index in [9.17, 15) is 17.2 Å². The van der Waals surface area contributed by atoms with Crippen molar-refractivity contribution in [3.63, 3.8) is 0 Å². The molecule has 0 saturated heterocycles. The van der Waals surface area contributed by atoms with Crippen molar-refractivity contribution in [2.24, 2.45) is 5.14 Å². The maximum Gasteiger partial charge on any atom is 0.281 e. The highest BCUT2D eigenvalue weighted by molar-refractivity contribution is 9.13. The van der Waals surface area contributed by atoms with Gasteiger partial charge in [-0.1, -0.05) is 0 Å². The molecule has 15 heavy (non-hydrogen) atoms. The predicted molar refractivity (Wildman–Crippen MR) is 56.0 cm³/mol. The number of pyridine rings is 1. The van der Waals surface area contributed by atoms with Crippen molar-refractivity contribution >= 4 is 41.9 Å². The normalized spacial score (nSPS) is 12.1. The molecule has 0 radical (unpaired) electrons. The van der Waals surface area contributed by atoms with Crippen LogP contribution < -0.4 is 5.14 Å². The van der Waals surface area contributed by atoms with Gasteiger partial charge < -0.3 is 0 Å². The molecule has 0 aliphatic rings. The highest BCUT2D eigenvalue weighted by Crippen LogP contribution is 2.35. The molecule has 1 aromatic heterocycles.